The summed E-state index contributed by atoms with van der Waals surface area (Å²) < 4.78 is 4.87. The molecule has 2 rings (SSSR count). The molecular weight excluding hydrogens is 151 g/mol. The molecule has 0 saturated heterocycles. The zero-order chi connectivity index (χ0) is 6.97. The van der Waals surface area contributed by atoms with Gasteiger partial charge in [-0.1, -0.05) is 18.2 Å². The molecule has 0 fully saturated rings. The third-order valence-electron chi connectivity index (χ3n) is 1.53. The molecule has 2 nitrogen and oxygen atoms in total. The topological polar surface area (TPSA) is 26.3 Å². The van der Waals surface area contributed by atoms with E-state index in [2.05, 4.69) is 0 Å². The SMILES string of the molecule is O=C1Cc2ccccc2O1.[Na]. The average Bonchev–Trinajstić information content (AvgIpc) is 2.27. The minimum atomic E-state index is -0.152. The quantitative estimate of drug-likeness (QED) is 0.316. The molecule has 1 radical (unpaired) electrons. The zero-order valence-electron chi connectivity index (χ0n) is 6.33. The smallest absolute Gasteiger partial charge is 0.315 e. The fraction of sp³-hybridized carbons (Fsp3) is 0.125. The van der Waals surface area contributed by atoms with E-state index in [0.717, 1.165) is 5.56 Å². The molecule has 1 aliphatic heterocycles. The fourth-order valence-corrected chi connectivity index (χ4v) is 1.06. The van der Waals surface area contributed by atoms with Crippen molar-refractivity contribution in [1.82, 2.24) is 0 Å². The summed E-state index contributed by atoms with van der Waals surface area (Å²) in [4.78, 5) is 10.7. The van der Waals surface area contributed by atoms with Gasteiger partial charge in [-0.2, -0.15) is 0 Å². The van der Waals surface area contributed by atoms with Gasteiger partial charge in [-0.05, 0) is 6.07 Å². The van der Waals surface area contributed by atoms with Crippen molar-refractivity contribution in [1.29, 1.82) is 0 Å². The van der Waals surface area contributed by atoms with Crippen LogP contribution in [0.2, 0.25) is 0 Å². The van der Waals surface area contributed by atoms with E-state index in [4.69, 9.17) is 4.74 Å². The van der Waals surface area contributed by atoms with E-state index >= 15 is 0 Å². The normalized spacial score (nSPS) is 13.3. The molecule has 0 saturated carbocycles. The number of esters is 1. The first-order valence-electron chi connectivity index (χ1n) is 3.15. The van der Waals surface area contributed by atoms with Crippen molar-refractivity contribution in [2.24, 2.45) is 0 Å². The summed E-state index contributed by atoms with van der Waals surface area (Å²) in [6, 6.07) is 7.47. The fourth-order valence-electron chi connectivity index (χ4n) is 1.06. The molecule has 0 amide bonds. The van der Waals surface area contributed by atoms with Gasteiger partial charge in [0.25, 0.3) is 0 Å². The minimum Gasteiger partial charge on any atom is -0.426 e. The third kappa shape index (κ3) is 1.64. The van der Waals surface area contributed by atoms with Gasteiger partial charge >= 0.3 is 5.97 Å². The van der Waals surface area contributed by atoms with Crippen molar-refractivity contribution in [3.8, 4) is 5.75 Å². The van der Waals surface area contributed by atoms with Crippen molar-refractivity contribution in [2.75, 3.05) is 0 Å². The van der Waals surface area contributed by atoms with Gasteiger partial charge in [0.2, 0.25) is 0 Å². The van der Waals surface area contributed by atoms with Gasteiger partial charge in [0.15, 0.2) is 0 Å². The number of hydrogen-bond acceptors (Lipinski definition) is 2. The van der Waals surface area contributed by atoms with Gasteiger partial charge in [-0.25, -0.2) is 0 Å². The molecule has 0 aromatic heterocycles. The van der Waals surface area contributed by atoms with Gasteiger partial charge in [0, 0.05) is 35.1 Å². The van der Waals surface area contributed by atoms with Crippen LogP contribution in [0.5, 0.6) is 5.75 Å². The Balaban J connectivity index is 0.000000605. The van der Waals surface area contributed by atoms with Gasteiger partial charge < -0.3 is 4.74 Å². The predicted molar refractivity (Wildman–Crippen MR) is 41.5 cm³/mol. The summed E-state index contributed by atoms with van der Waals surface area (Å²) in [6.07, 6.45) is 0.427. The molecule has 0 bridgehead atoms. The van der Waals surface area contributed by atoms with Crippen molar-refractivity contribution in [3.63, 3.8) is 0 Å². The number of carbonyl (C=O) groups is 1. The number of fused-ring (bicyclic) bond motifs is 1. The number of para-hydroxylation sites is 1. The summed E-state index contributed by atoms with van der Waals surface area (Å²) in [5.74, 6) is 0.564. The van der Waals surface area contributed by atoms with Crippen LogP contribution in [0.3, 0.4) is 0 Å². The van der Waals surface area contributed by atoms with E-state index in [1.54, 1.807) is 6.07 Å². The second kappa shape index (κ2) is 3.39. The molecule has 0 spiro atoms. The van der Waals surface area contributed by atoms with Crippen LogP contribution in [0.4, 0.5) is 0 Å². The Kier molecular flexibility index (Phi) is 2.71. The van der Waals surface area contributed by atoms with Crippen molar-refractivity contribution < 1.29 is 9.53 Å². The summed E-state index contributed by atoms with van der Waals surface area (Å²) in [5.41, 5.74) is 0.993. The molecule has 1 aromatic carbocycles. The monoisotopic (exact) mass is 157 g/mol. The Labute approximate surface area is 86.8 Å². The first kappa shape index (κ1) is 8.78. The molecule has 51 valence electrons. The molecule has 3 heteroatoms. The molecular formula is C8H6NaO2. The van der Waals surface area contributed by atoms with Crippen LogP contribution >= 0.6 is 0 Å². The molecule has 1 heterocycles. The molecule has 0 unspecified atom stereocenters. The average molecular weight is 157 g/mol. The molecule has 0 N–H and O–H groups in total. The van der Waals surface area contributed by atoms with Crippen LogP contribution in [0.15, 0.2) is 24.3 Å². The second-order valence-corrected chi connectivity index (χ2v) is 2.26. The first-order chi connectivity index (χ1) is 4.86. The van der Waals surface area contributed by atoms with E-state index < -0.39 is 0 Å². The molecule has 11 heavy (non-hydrogen) atoms. The van der Waals surface area contributed by atoms with Crippen molar-refractivity contribution in [3.05, 3.63) is 29.8 Å². The van der Waals surface area contributed by atoms with Crippen molar-refractivity contribution >= 4 is 35.5 Å². The second-order valence-electron chi connectivity index (χ2n) is 2.26. The number of carbonyl (C=O) groups excluding carboxylic acids is 1. The van der Waals surface area contributed by atoms with Crippen molar-refractivity contribution in [2.45, 2.75) is 6.42 Å². The summed E-state index contributed by atoms with van der Waals surface area (Å²) in [5, 5.41) is 0. The van der Waals surface area contributed by atoms with Crippen LogP contribution in [-0.2, 0) is 11.2 Å². The van der Waals surface area contributed by atoms with E-state index in [1.165, 1.54) is 0 Å². The number of benzene rings is 1. The maximum absolute atomic E-state index is 10.7. The number of ether oxygens (including phenoxy) is 1. The minimum absolute atomic E-state index is 0. The van der Waals surface area contributed by atoms with Gasteiger partial charge in [0.05, 0.1) is 6.42 Å². The number of hydrogen-bond donors (Lipinski definition) is 0. The van der Waals surface area contributed by atoms with Gasteiger partial charge in [0.1, 0.15) is 5.75 Å². The molecule has 0 aliphatic carbocycles. The molecule has 1 aromatic rings. The third-order valence-corrected chi connectivity index (χ3v) is 1.53. The van der Waals surface area contributed by atoms with E-state index in [0.29, 0.717) is 12.2 Å². The summed E-state index contributed by atoms with van der Waals surface area (Å²) >= 11 is 0. The zero-order valence-corrected chi connectivity index (χ0v) is 8.33. The van der Waals surface area contributed by atoms with Crippen LogP contribution in [0.1, 0.15) is 5.56 Å². The van der Waals surface area contributed by atoms with E-state index in [1.807, 2.05) is 18.2 Å². The van der Waals surface area contributed by atoms with Crippen LogP contribution in [-0.4, -0.2) is 35.5 Å². The standard InChI is InChI=1S/C8H6O2.Na/c9-8-5-6-3-1-2-4-7(6)10-8;/h1-4H,5H2;. The summed E-state index contributed by atoms with van der Waals surface area (Å²) in [7, 11) is 0. The van der Waals surface area contributed by atoms with Gasteiger partial charge in [-0.3, -0.25) is 4.79 Å². The maximum Gasteiger partial charge on any atom is 0.315 e. The van der Waals surface area contributed by atoms with E-state index in [-0.39, 0.29) is 35.5 Å². The van der Waals surface area contributed by atoms with Crippen LogP contribution < -0.4 is 4.74 Å². The van der Waals surface area contributed by atoms with E-state index in [9.17, 15) is 4.79 Å². The van der Waals surface area contributed by atoms with Crippen LogP contribution in [0, 0.1) is 0 Å². The van der Waals surface area contributed by atoms with Crippen LogP contribution in [0.25, 0.3) is 0 Å². The maximum atomic E-state index is 10.7. The summed E-state index contributed by atoms with van der Waals surface area (Å²) in [6.45, 7) is 0. The first-order valence-corrected chi connectivity index (χ1v) is 3.15. The molecule has 0 atom stereocenters. The Morgan fingerprint density at radius 3 is 2.73 bits per heavy atom. The Bertz CT molecular complexity index is 256. The predicted octanol–water partition coefficient (Wildman–Crippen LogP) is 0.767. The molecule has 1 aliphatic rings. The largest absolute Gasteiger partial charge is 0.426 e. The number of rotatable bonds is 0. The Hall–Kier alpha value is -0.310. The Morgan fingerprint density at radius 2 is 2.00 bits per heavy atom. The Morgan fingerprint density at radius 1 is 1.27 bits per heavy atom. The van der Waals surface area contributed by atoms with Gasteiger partial charge in [-0.15, -0.1) is 0 Å².